The Morgan fingerprint density at radius 3 is 2.67 bits per heavy atom. The summed E-state index contributed by atoms with van der Waals surface area (Å²) in [5.74, 6) is 0.853. The topological polar surface area (TPSA) is 24.5 Å². The van der Waals surface area contributed by atoms with Gasteiger partial charge in [0.2, 0.25) is 0 Å². The van der Waals surface area contributed by atoms with Crippen molar-refractivity contribution in [3.05, 3.63) is 35.9 Å². The highest BCUT2D eigenvalue weighted by Gasteiger charge is 2.48. The number of nitrogens with one attached hydrogen (secondary N) is 1. The van der Waals surface area contributed by atoms with Crippen LogP contribution in [0.3, 0.4) is 0 Å². The standard InChI is InChI=1S/C18H28N2O/c1-14(21-3)11-20-12-17(15-7-5-4-6-8-15)19-13-18(20,2)16-9-10-16/h4-8,14,16-17,19H,9-13H2,1-3H3. The van der Waals surface area contributed by atoms with Crippen molar-refractivity contribution in [1.82, 2.24) is 10.2 Å². The van der Waals surface area contributed by atoms with E-state index in [9.17, 15) is 0 Å². The SMILES string of the molecule is COC(C)CN1CC(c2ccccc2)NCC1(C)C1CC1. The van der Waals surface area contributed by atoms with E-state index in [2.05, 4.69) is 54.4 Å². The first-order valence-corrected chi connectivity index (χ1v) is 8.19. The molecule has 1 aliphatic carbocycles. The lowest BCUT2D eigenvalue weighted by Gasteiger charge is -2.49. The summed E-state index contributed by atoms with van der Waals surface area (Å²) in [7, 11) is 1.82. The van der Waals surface area contributed by atoms with Gasteiger partial charge in [-0.05, 0) is 38.2 Å². The molecule has 2 aliphatic rings. The van der Waals surface area contributed by atoms with Gasteiger partial charge >= 0.3 is 0 Å². The fraction of sp³-hybridized carbons (Fsp3) is 0.667. The Balaban J connectivity index is 1.76. The van der Waals surface area contributed by atoms with E-state index in [-0.39, 0.29) is 11.6 Å². The van der Waals surface area contributed by atoms with E-state index in [1.807, 2.05) is 7.11 Å². The monoisotopic (exact) mass is 288 g/mol. The number of hydrogen-bond acceptors (Lipinski definition) is 3. The van der Waals surface area contributed by atoms with Gasteiger partial charge in [-0.2, -0.15) is 0 Å². The molecule has 1 aromatic carbocycles. The third-order valence-corrected chi connectivity index (χ3v) is 5.37. The number of benzene rings is 1. The zero-order valence-corrected chi connectivity index (χ0v) is 13.5. The Bertz CT molecular complexity index is 460. The molecular weight excluding hydrogens is 260 g/mol. The van der Waals surface area contributed by atoms with Gasteiger partial charge in [0.05, 0.1) is 6.10 Å². The Morgan fingerprint density at radius 1 is 1.33 bits per heavy atom. The number of hydrogen-bond donors (Lipinski definition) is 1. The fourth-order valence-electron chi connectivity index (χ4n) is 3.62. The quantitative estimate of drug-likeness (QED) is 0.901. The van der Waals surface area contributed by atoms with Crippen LogP contribution in [0.2, 0.25) is 0 Å². The maximum atomic E-state index is 5.53. The maximum absolute atomic E-state index is 5.53. The van der Waals surface area contributed by atoms with Gasteiger partial charge in [-0.15, -0.1) is 0 Å². The Morgan fingerprint density at radius 2 is 2.05 bits per heavy atom. The van der Waals surface area contributed by atoms with Crippen molar-refractivity contribution in [3.63, 3.8) is 0 Å². The molecule has 116 valence electrons. The summed E-state index contributed by atoms with van der Waals surface area (Å²) in [4.78, 5) is 2.67. The van der Waals surface area contributed by atoms with E-state index in [0.717, 1.165) is 25.6 Å². The van der Waals surface area contributed by atoms with Gasteiger partial charge in [-0.1, -0.05) is 30.3 Å². The average molecular weight is 288 g/mol. The number of nitrogens with zero attached hydrogens (tertiary/aromatic N) is 1. The molecular formula is C18H28N2O. The van der Waals surface area contributed by atoms with Crippen molar-refractivity contribution in [2.45, 2.75) is 44.4 Å². The summed E-state index contributed by atoms with van der Waals surface area (Å²) >= 11 is 0. The van der Waals surface area contributed by atoms with Crippen molar-refractivity contribution < 1.29 is 4.74 Å². The second-order valence-corrected chi connectivity index (χ2v) is 6.93. The molecule has 3 atom stereocenters. The van der Waals surface area contributed by atoms with Crippen molar-refractivity contribution >= 4 is 0 Å². The van der Waals surface area contributed by atoms with E-state index >= 15 is 0 Å². The van der Waals surface area contributed by atoms with E-state index < -0.39 is 0 Å². The van der Waals surface area contributed by atoms with Crippen LogP contribution in [0, 0.1) is 5.92 Å². The highest BCUT2D eigenvalue weighted by atomic mass is 16.5. The summed E-state index contributed by atoms with van der Waals surface area (Å²) in [6.07, 6.45) is 3.05. The van der Waals surface area contributed by atoms with Gasteiger partial charge in [-0.3, -0.25) is 4.90 Å². The first-order chi connectivity index (χ1) is 10.1. The molecule has 0 spiro atoms. The van der Waals surface area contributed by atoms with Crippen LogP contribution in [0.4, 0.5) is 0 Å². The molecule has 0 aromatic heterocycles. The molecule has 0 bridgehead atoms. The van der Waals surface area contributed by atoms with Gasteiger partial charge in [-0.25, -0.2) is 0 Å². The van der Waals surface area contributed by atoms with E-state index in [0.29, 0.717) is 6.04 Å². The first-order valence-electron chi connectivity index (χ1n) is 8.19. The minimum Gasteiger partial charge on any atom is -0.380 e. The zero-order chi connectivity index (χ0) is 14.9. The number of methoxy groups -OCH3 is 1. The molecule has 3 unspecified atom stereocenters. The summed E-state index contributed by atoms with van der Waals surface area (Å²) in [6, 6.07) is 11.2. The molecule has 1 aliphatic heterocycles. The summed E-state index contributed by atoms with van der Waals surface area (Å²) < 4.78 is 5.53. The summed E-state index contributed by atoms with van der Waals surface area (Å²) in [5, 5.41) is 3.79. The Hall–Kier alpha value is -0.900. The second kappa shape index (κ2) is 6.07. The van der Waals surface area contributed by atoms with Gasteiger partial charge in [0.25, 0.3) is 0 Å². The molecule has 3 nitrogen and oxygen atoms in total. The fourth-order valence-corrected chi connectivity index (χ4v) is 3.62. The molecule has 1 saturated carbocycles. The zero-order valence-electron chi connectivity index (χ0n) is 13.5. The third-order valence-electron chi connectivity index (χ3n) is 5.37. The van der Waals surface area contributed by atoms with Crippen LogP contribution in [0.25, 0.3) is 0 Å². The Kier molecular flexibility index (Phi) is 4.34. The van der Waals surface area contributed by atoms with Crippen LogP contribution in [-0.4, -0.2) is 43.3 Å². The molecule has 1 heterocycles. The smallest absolute Gasteiger partial charge is 0.0670 e. The molecule has 0 amide bonds. The number of piperazine rings is 1. The van der Waals surface area contributed by atoms with Crippen molar-refractivity contribution in [2.24, 2.45) is 5.92 Å². The van der Waals surface area contributed by atoms with E-state index in [1.54, 1.807) is 0 Å². The third kappa shape index (κ3) is 3.15. The van der Waals surface area contributed by atoms with Gasteiger partial charge in [0.15, 0.2) is 0 Å². The van der Waals surface area contributed by atoms with Crippen LogP contribution >= 0.6 is 0 Å². The van der Waals surface area contributed by atoms with Crippen molar-refractivity contribution in [3.8, 4) is 0 Å². The molecule has 21 heavy (non-hydrogen) atoms. The molecule has 0 radical (unpaired) electrons. The lowest BCUT2D eigenvalue weighted by molar-refractivity contribution is -0.0105. The van der Waals surface area contributed by atoms with Crippen molar-refractivity contribution in [2.75, 3.05) is 26.7 Å². The molecule has 3 heteroatoms. The molecule has 1 aromatic rings. The normalized spacial score (nSPS) is 32.0. The molecule has 3 rings (SSSR count). The molecule has 1 saturated heterocycles. The Labute approximate surface area is 128 Å². The maximum Gasteiger partial charge on any atom is 0.0670 e. The minimum atomic E-state index is 0.289. The van der Waals surface area contributed by atoms with Crippen LogP contribution in [0.5, 0.6) is 0 Å². The van der Waals surface area contributed by atoms with Gasteiger partial charge < -0.3 is 10.1 Å². The van der Waals surface area contributed by atoms with E-state index in [1.165, 1.54) is 18.4 Å². The minimum absolute atomic E-state index is 0.289. The van der Waals surface area contributed by atoms with Crippen LogP contribution < -0.4 is 5.32 Å². The summed E-state index contributed by atoms with van der Waals surface area (Å²) in [6.45, 7) is 7.78. The van der Waals surface area contributed by atoms with Crippen LogP contribution in [0.1, 0.15) is 38.3 Å². The van der Waals surface area contributed by atoms with Crippen molar-refractivity contribution in [1.29, 1.82) is 0 Å². The average Bonchev–Trinajstić information content (AvgIpc) is 3.35. The highest BCUT2D eigenvalue weighted by Crippen LogP contribution is 2.45. The summed E-state index contributed by atoms with van der Waals surface area (Å²) in [5.41, 5.74) is 1.68. The van der Waals surface area contributed by atoms with Gasteiger partial charge in [0.1, 0.15) is 0 Å². The molecule has 2 fully saturated rings. The second-order valence-electron chi connectivity index (χ2n) is 6.93. The predicted octanol–water partition coefficient (Wildman–Crippen LogP) is 2.84. The first kappa shape index (κ1) is 15.0. The highest BCUT2D eigenvalue weighted by molar-refractivity contribution is 5.21. The van der Waals surface area contributed by atoms with E-state index in [4.69, 9.17) is 4.74 Å². The largest absolute Gasteiger partial charge is 0.380 e. The predicted molar refractivity (Wildman–Crippen MR) is 86.4 cm³/mol. The number of rotatable bonds is 5. The lowest BCUT2D eigenvalue weighted by Crippen LogP contribution is -2.63. The van der Waals surface area contributed by atoms with Gasteiger partial charge in [0, 0.05) is 38.3 Å². The van der Waals surface area contributed by atoms with Crippen LogP contribution in [0.15, 0.2) is 30.3 Å². The number of ether oxygens (including phenoxy) is 1. The lowest BCUT2D eigenvalue weighted by atomic mass is 9.88. The molecule has 1 N–H and O–H groups in total. The van der Waals surface area contributed by atoms with Crippen LogP contribution in [-0.2, 0) is 4.74 Å².